The van der Waals surface area contributed by atoms with Gasteiger partial charge in [-0.15, -0.1) is 0 Å². The number of methoxy groups -OCH3 is 1. The van der Waals surface area contributed by atoms with E-state index in [1.54, 1.807) is 7.11 Å². The maximum absolute atomic E-state index is 5.54. The zero-order valence-electron chi connectivity index (χ0n) is 11.9. The summed E-state index contributed by atoms with van der Waals surface area (Å²) < 4.78 is 10.7. The first kappa shape index (κ1) is 14.1. The van der Waals surface area contributed by atoms with Crippen LogP contribution in [0.2, 0.25) is 0 Å². The van der Waals surface area contributed by atoms with Gasteiger partial charge < -0.3 is 9.47 Å². The summed E-state index contributed by atoms with van der Waals surface area (Å²) in [6, 6.07) is 15.6. The number of ether oxygens (including phenoxy) is 2. The predicted molar refractivity (Wildman–Crippen MR) is 82.5 cm³/mol. The lowest BCUT2D eigenvalue weighted by Gasteiger charge is -2.03. The molecule has 20 heavy (non-hydrogen) atoms. The van der Waals surface area contributed by atoms with Gasteiger partial charge in [-0.3, -0.25) is 4.99 Å². The number of benzene rings is 2. The van der Waals surface area contributed by atoms with E-state index in [1.165, 1.54) is 0 Å². The van der Waals surface area contributed by atoms with Gasteiger partial charge >= 0.3 is 0 Å². The molecule has 0 aliphatic rings. The summed E-state index contributed by atoms with van der Waals surface area (Å²) in [6.45, 7) is 2.84. The Hall–Kier alpha value is -2.29. The summed E-state index contributed by atoms with van der Waals surface area (Å²) in [4.78, 5) is 4.42. The van der Waals surface area contributed by atoms with Crippen LogP contribution < -0.4 is 9.47 Å². The summed E-state index contributed by atoms with van der Waals surface area (Å²) in [6.07, 6.45) is 2.85. The van der Waals surface area contributed by atoms with Gasteiger partial charge in [-0.1, -0.05) is 6.92 Å². The first-order valence-corrected chi connectivity index (χ1v) is 6.73. The molecule has 0 amide bonds. The molecule has 0 bridgehead atoms. The van der Waals surface area contributed by atoms with E-state index in [9.17, 15) is 0 Å². The van der Waals surface area contributed by atoms with Gasteiger partial charge in [0, 0.05) is 6.21 Å². The molecule has 0 saturated carbocycles. The van der Waals surface area contributed by atoms with Crippen LogP contribution in [0.4, 0.5) is 5.69 Å². The highest BCUT2D eigenvalue weighted by Crippen LogP contribution is 2.18. The molecule has 2 aromatic rings. The Kier molecular flexibility index (Phi) is 5.18. The number of hydrogen-bond donors (Lipinski definition) is 0. The van der Waals surface area contributed by atoms with E-state index in [0.29, 0.717) is 0 Å². The van der Waals surface area contributed by atoms with Gasteiger partial charge in [-0.05, 0) is 60.5 Å². The van der Waals surface area contributed by atoms with E-state index in [-0.39, 0.29) is 0 Å². The van der Waals surface area contributed by atoms with Gasteiger partial charge in [-0.25, -0.2) is 0 Å². The average Bonchev–Trinajstić information content (AvgIpc) is 2.52. The van der Waals surface area contributed by atoms with Gasteiger partial charge in [0.1, 0.15) is 11.5 Å². The Balaban J connectivity index is 1.99. The van der Waals surface area contributed by atoms with Crippen LogP contribution in [0.15, 0.2) is 53.5 Å². The maximum Gasteiger partial charge on any atom is 0.119 e. The molecule has 0 atom stereocenters. The van der Waals surface area contributed by atoms with Crippen molar-refractivity contribution in [3.8, 4) is 11.5 Å². The zero-order valence-corrected chi connectivity index (χ0v) is 11.9. The van der Waals surface area contributed by atoms with Crippen molar-refractivity contribution in [2.24, 2.45) is 4.99 Å². The van der Waals surface area contributed by atoms with Crippen LogP contribution in [-0.2, 0) is 0 Å². The van der Waals surface area contributed by atoms with E-state index >= 15 is 0 Å². The third-order valence-electron chi connectivity index (χ3n) is 2.79. The van der Waals surface area contributed by atoms with Crippen molar-refractivity contribution in [3.05, 3.63) is 54.1 Å². The molecular formula is C17H19NO2. The standard InChI is InChI=1S/C17H19NO2/c1-3-12-20-17-8-4-14(5-9-17)13-18-15-6-10-16(19-2)11-7-15/h4-11,13H,3,12H2,1-2H3. The lowest BCUT2D eigenvalue weighted by molar-refractivity contribution is 0.317. The van der Waals surface area contributed by atoms with Crippen LogP contribution in [0.25, 0.3) is 0 Å². The second kappa shape index (κ2) is 7.34. The zero-order chi connectivity index (χ0) is 14.2. The molecule has 0 saturated heterocycles. The second-order valence-corrected chi connectivity index (χ2v) is 4.37. The van der Waals surface area contributed by atoms with E-state index in [2.05, 4.69) is 11.9 Å². The third kappa shape index (κ3) is 4.12. The molecule has 0 spiro atoms. The maximum atomic E-state index is 5.54. The van der Waals surface area contributed by atoms with Gasteiger partial charge in [0.2, 0.25) is 0 Å². The Labute approximate surface area is 119 Å². The molecule has 0 unspecified atom stereocenters. The Morgan fingerprint density at radius 3 is 2.20 bits per heavy atom. The van der Waals surface area contributed by atoms with Crippen molar-refractivity contribution in [1.82, 2.24) is 0 Å². The molecule has 2 aromatic carbocycles. The van der Waals surface area contributed by atoms with E-state index < -0.39 is 0 Å². The Bertz CT molecular complexity index is 544. The average molecular weight is 269 g/mol. The van der Waals surface area contributed by atoms with Crippen molar-refractivity contribution in [3.63, 3.8) is 0 Å². The largest absolute Gasteiger partial charge is 0.497 e. The molecule has 3 nitrogen and oxygen atoms in total. The summed E-state index contributed by atoms with van der Waals surface area (Å²) in [5.41, 5.74) is 1.95. The minimum atomic E-state index is 0.749. The third-order valence-corrected chi connectivity index (χ3v) is 2.79. The molecule has 0 aromatic heterocycles. The minimum Gasteiger partial charge on any atom is -0.497 e. The first-order valence-electron chi connectivity index (χ1n) is 6.73. The van der Waals surface area contributed by atoms with Crippen molar-refractivity contribution >= 4 is 11.9 Å². The SMILES string of the molecule is CCCOc1ccc(C=Nc2ccc(OC)cc2)cc1. The summed E-state index contributed by atoms with van der Waals surface area (Å²) in [5, 5.41) is 0. The minimum absolute atomic E-state index is 0.749. The predicted octanol–water partition coefficient (Wildman–Crippen LogP) is 4.23. The molecule has 0 aliphatic carbocycles. The molecule has 0 N–H and O–H groups in total. The summed E-state index contributed by atoms with van der Waals surface area (Å²) in [7, 11) is 1.65. The van der Waals surface area contributed by atoms with Crippen molar-refractivity contribution in [2.45, 2.75) is 13.3 Å². The van der Waals surface area contributed by atoms with Gasteiger partial charge in [0.25, 0.3) is 0 Å². The molecule has 3 heteroatoms. The van der Waals surface area contributed by atoms with Crippen LogP contribution in [0, 0.1) is 0 Å². The number of hydrogen-bond acceptors (Lipinski definition) is 3. The Morgan fingerprint density at radius 1 is 0.950 bits per heavy atom. The van der Waals surface area contributed by atoms with Crippen LogP contribution in [0.3, 0.4) is 0 Å². The molecule has 104 valence electrons. The van der Waals surface area contributed by atoms with E-state index in [0.717, 1.165) is 35.8 Å². The number of nitrogens with zero attached hydrogens (tertiary/aromatic N) is 1. The first-order chi connectivity index (χ1) is 9.81. The van der Waals surface area contributed by atoms with E-state index in [1.807, 2.05) is 54.7 Å². The van der Waals surface area contributed by atoms with Crippen molar-refractivity contribution in [2.75, 3.05) is 13.7 Å². The smallest absolute Gasteiger partial charge is 0.119 e. The summed E-state index contributed by atoms with van der Waals surface area (Å²) >= 11 is 0. The highest BCUT2D eigenvalue weighted by molar-refractivity contribution is 5.82. The highest BCUT2D eigenvalue weighted by atomic mass is 16.5. The van der Waals surface area contributed by atoms with Crippen LogP contribution in [0.1, 0.15) is 18.9 Å². The number of aliphatic imine (C=N–C) groups is 1. The molecule has 0 aliphatic heterocycles. The summed E-state index contributed by atoms with van der Waals surface area (Å²) in [5.74, 6) is 1.73. The Morgan fingerprint density at radius 2 is 1.60 bits per heavy atom. The number of rotatable bonds is 6. The lowest BCUT2D eigenvalue weighted by atomic mass is 10.2. The van der Waals surface area contributed by atoms with Crippen molar-refractivity contribution < 1.29 is 9.47 Å². The second-order valence-electron chi connectivity index (χ2n) is 4.37. The molecule has 0 fully saturated rings. The van der Waals surface area contributed by atoms with Crippen LogP contribution in [-0.4, -0.2) is 19.9 Å². The van der Waals surface area contributed by atoms with Gasteiger partial charge in [0.05, 0.1) is 19.4 Å². The molecular weight excluding hydrogens is 250 g/mol. The van der Waals surface area contributed by atoms with E-state index in [4.69, 9.17) is 9.47 Å². The van der Waals surface area contributed by atoms with Gasteiger partial charge in [0.15, 0.2) is 0 Å². The fraction of sp³-hybridized carbons (Fsp3) is 0.235. The monoisotopic (exact) mass is 269 g/mol. The van der Waals surface area contributed by atoms with Gasteiger partial charge in [-0.2, -0.15) is 0 Å². The highest BCUT2D eigenvalue weighted by Gasteiger charge is 1.94. The van der Waals surface area contributed by atoms with Crippen LogP contribution >= 0.6 is 0 Å². The molecule has 0 radical (unpaired) electrons. The molecule has 2 rings (SSSR count). The van der Waals surface area contributed by atoms with Crippen molar-refractivity contribution in [1.29, 1.82) is 0 Å². The topological polar surface area (TPSA) is 30.8 Å². The molecule has 0 heterocycles. The fourth-order valence-electron chi connectivity index (χ4n) is 1.69. The quantitative estimate of drug-likeness (QED) is 0.734. The lowest BCUT2D eigenvalue weighted by Crippen LogP contribution is -1.94. The van der Waals surface area contributed by atoms with Crippen LogP contribution in [0.5, 0.6) is 11.5 Å². The fourth-order valence-corrected chi connectivity index (χ4v) is 1.69. The normalized spacial score (nSPS) is 10.7.